The number of hydrogen-bond donors (Lipinski definition) is 2. The van der Waals surface area contributed by atoms with E-state index in [1.54, 1.807) is 12.1 Å². The molecular weight excluding hydrogens is 403 g/mol. The molecule has 0 spiro atoms. The van der Waals surface area contributed by atoms with Gasteiger partial charge < -0.3 is 9.84 Å². The number of aromatic hydroxyl groups is 1. The number of hydrogen-bond acceptors (Lipinski definition) is 7. The van der Waals surface area contributed by atoms with Gasteiger partial charge in [0.15, 0.2) is 11.5 Å². The molecule has 0 radical (unpaired) electrons. The van der Waals surface area contributed by atoms with Gasteiger partial charge in [-0.2, -0.15) is 5.10 Å². The Kier molecular flexibility index (Phi) is 5.09. The van der Waals surface area contributed by atoms with Gasteiger partial charge in [0.05, 0.1) is 21.8 Å². The van der Waals surface area contributed by atoms with Crippen LogP contribution in [-0.2, 0) is 0 Å². The minimum absolute atomic E-state index is 0.0455. The number of nitrogens with one attached hydrogen (secondary N) is 1. The van der Waals surface area contributed by atoms with Crippen LogP contribution in [0.5, 0.6) is 11.5 Å². The van der Waals surface area contributed by atoms with E-state index >= 15 is 0 Å². The van der Waals surface area contributed by atoms with E-state index < -0.39 is 4.92 Å². The number of aromatic nitrogens is 1. The fourth-order valence-electron chi connectivity index (χ4n) is 1.62. The number of hydrazone groups is 1. The summed E-state index contributed by atoms with van der Waals surface area (Å²) in [5.74, 6) is 0.412. The second-order valence-electron chi connectivity index (χ2n) is 4.05. The predicted molar refractivity (Wildman–Crippen MR) is 89.5 cm³/mol. The van der Waals surface area contributed by atoms with Crippen molar-refractivity contribution in [1.29, 1.82) is 0 Å². The first-order valence-corrected chi connectivity index (χ1v) is 7.05. The van der Waals surface area contributed by atoms with E-state index in [2.05, 4.69) is 15.5 Å². The monoisotopic (exact) mass is 414 g/mol. The number of methoxy groups -OCH3 is 1. The molecule has 0 amide bonds. The van der Waals surface area contributed by atoms with Gasteiger partial charge >= 0.3 is 5.69 Å². The zero-order chi connectivity index (χ0) is 16.1. The van der Waals surface area contributed by atoms with Crippen LogP contribution in [0.1, 0.15) is 5.56 Å². The van der Waals surface area contributed by atoms with Gasteiger partial charge in [0.25, 0.3) is 0 Å². The Morgan fingerprint density at radius 1 is 1.55 bits per heavy atom. The van der Waals surface area contributed by atoms with Gasteiger partial charge in [0.1, 0.15) is 0 Å². The van der Waals surface area contributed by atoms with Crippen LogP contribution in [0.15, 0.2) is 35.6 Å². The third-order valence-electron chi connectivity index (χ3n) is 2.64. The molecule has 0 aliphatic heterocycles. The number of halogens is 1. The number of nitro groups is 1. The molecule has 2 N–H and O–H groups in total. The predicted octanol–water partition coefficient (Wildman–Crippen LogP) is 2.75. The summed E-state index contributed by atoms with van der Waals surface area (Å²) in [5.41, 5.74) is 3.01. The van der Waals surface area contributed by atoms with Crippen LogP contribution < -0.4 is 10.2 Å². The lowest BCUT2D eigenvalue weighted by Crippen LogP contribution is -1.99. The van der Waals surface area contributed by atoms with Crippen LogP contribution in [0.3, 0.4) is 0 Å². The standard InChI is InChI=1S/C13H11IN4O4/c1-22-11-6-8(5-9(14)12(11)19)7-16-17-13-10(18(20)21)3-2-4-15-13/h2-7,19H,1H3,(H,15,17). The van der Waals surface area contributed by atoms with Gasteiger partial charge in [-0.1, -0.05) is 0 Å². The molecule has 114 valence electrons. The first-order valence-electron chi connectivity index (χ1n) is 5.98. The normalized spacial score (nSPS) is 10.6. The van der Waals surface area contributed by atoms with Crippen LogP contribution >= 0.6 is 22.6 Å². The fourth-order valence-corrected chi connectivity index (χ4v) is 2.25. The third-order valence-corrected chi connectivity index (χ3v) is 3.46. The van der Waals surface area contributed by atoms with Crippen LogP contribution in [0.4, 0.5) is 11.5 Å². The highest BCUT2D eigenvalue weighted by molar-refractivity contribution is 14.1. The molecule has 0 saturated carbocycles. The highest BCUT2D eigenvalue weighted by atomic mass is 127. The number of pyridine rings is 1. The van der Waals surface area contributed by atoms with E-state index in [1.165, 1.54) is 31.7 Å². The largest absolute Gasteiger partial charge is 0.504 e. The zero-order valence-electron chi connectivity index (χ0n) is 11.4. The SMILES string of the molecule is COc1cc(C=NNc2ncccc2[N+](=O)[O-])cc(I)c1O. The van der Waals surface area contributed by atoms with Crippen molar-refractivity contribution < 1.29 is 14.8 Å². The maximum Gasteiger partial charge on any atom is 0.313 e. The van der Waals surface area contributed by atoms with E-state index in [0.29, 0.717) is 14.9 Å². The molecule has 0 aliphatic rings. The van der Waals surface area contributed by atoms with E-state index in [0.717, 1.165) is 0 Å². The Morgan fingerprint density at radius 2 is 2.32 bits per heavy atom. The molecule has 2 aromatic rings. The Bertz CT molecular complexity index is 736. The number of phenolic OH excluding ortho intramolecular Hbond substituents is 1. The molecule has 1 aromatic heterocycles. The van der Waals surface area contributed by atoms with Gasteiger partial charge in [-0.05, 0) is 46.4 Å². The first kappa shape index (κ1) is 15.9. The minimum atomic E-state index is -0.544. The van der Waals surface area contributed by atoms with Gasteiger partial charge in [0.2, 0.25) is 5.82 Å². The molecule has 0 fully saturated rings. The summed E-state index contributed by atoms with van der Waals surface area (Å²) < 4.78 is 5.64. The molecular formula is C13H11IN4O4. The number of benzene rings is 1. The van der Waals surface area contributed by atoms with E-state index in [-0.39, 0.29) is 17.3 Å². The highest BCUT2D eigenvalue weighted by Crippen LogP contribution is 2.31. The molecule has 0 aliphatic carbocycles. The molecule has 1 aromatic carbocycles. The lowest BCUT2D eigenvalue weighted by atomic mass is 10.2. The lowest BCUT2D eigenvalue weighted by molar-refractivity contribution is -0.384. The van der Waals surface area contributed by atoms with Crippen LogP contribution in [0, 0.1) is 13.7 Å². The van der Waals surface area contributed by atoms with Gasteiger partial charge in [-0.15, -0.1) is 0 Å². The molecule has 9 heteroatoms. The van der Waals surface area contributed by atoms with Gasteiger partial charge in [-0.25, -0.2) is 4.98 Å². The van der Waals surface area contributed by atoms with Crippen molar-refractivity contribution in [3.63, 3.8) is 0 Å². The van der Waals surface area contributed by atoms with Crippen molar-refractivity contribution in [2.75, 3.05) is 12.5 Å². The quantitative estimate of drug-likeness (QED) is 0.337. The number of nitrogens with zero attached hydrogens (tertiary/aromatic N) is 3. The van der Waals surface area contributed by atoms with E-state index in [1.807, 2.05) is 22.6 Å². The molecule has 2 rings (SSSR count). The second kappa shape index (κ2) is 7.02. The smallest absolute Gasteiger partial charge is 0.313 e. The average molecular weight is 414 g/mol. The Labute approximate surface area is 139 Å². The number of ether oxygens (including phenoxy) is 1. The molecule has 0 unspecified atom stereocenters. The summed E-state index contributed by atoms with van der Waals surface area (Å²) >= 11 is 1.96. The van der Waals surface area contributed by atoms with Crippen molar-refractivity contribution in [3.8, 4) is 11.5 Å². The molecule has 1 heterocycles. The summed E-state index contributed by atoms with van der Waals surface area (Å²) in [4.78, 5) is 14.2. The highest BCUT2D eigenvalue weighted by Gasteiger charge is 2.13. The third kappa shape index (κ3) is 3.61. The van der Waals surface area contributed by atoms with Gasteiger partial charge in [0, 0.05) is 12.3 Å². The van der Waals surface area contributed by atoms with Crippen molar-refractivity contribution in [2.45, 2.75) is 0 Å². The number of rotatable bonds is 5. The van der Waals surface area contributed by atoms with Crippen molar-refractivity contribution in [1.82, 2.24) is 4.98 Å². The molecule has 0 atom stereocenters. The second-order valence-corrected chi connectivity index (χ2v) is 5.21. The topological polar surface area (TPSA) is 110 Å². The van der Waals surface area contributed by atoms with Crippen LogP contribution in [-0.4, -0.2) is 28.3 Å². The van der Waals surface area contributed by atoms with Crippen LogP contribution in [0.25, 0.3) is 0 Å². The zero-order valence-corrected chi connectivity index (χ0v) is 13.5. The van der Waals surface area contributed by atoms with Crippen molar-refractivity contribution in [2.24, 2.45) is 5.10 Å². The summed E-state index contributed by atoms with van der Waals surface area (Å²) in [7, 11) is 1.45. The van der Waals surface area contributed by atoms with E-state index in [4.69, 9.17) is 4.74 Å². The van der Waals surface area contributed by atoms with E-state index in [9.17, 15) is 15.2 Å². The molecule has 22 heavy (non-hydrogen) atoms. The maximum absolute atomic E-state index is 10.8. The Hall–Kier alpha value is -2.43. The number of anilines is 1. The number of phenols is 1. The minimum Gasteiger partial charge on any atom is -0.504 e. The van der Waals surface area contributed by atoms with Crippen molar-refractivity contribution in [3.05, 3.63) is 49.7 Å². The molecule has 0 saturated heterocycles. The summed E-state index contributed by atoms with van der Waals surface area (Å²) in [6, 6.07) is 6.09. The first-order chi connectivity index (χ1) is 10.5. The Morgan fingerprint density at radius 3 is 3.00 bits per heavy atom. The average Bonchev–Trinajstić information content (AvgIpc) is 2.51. The van der Waals surface area contributed by atoms with Gasteiger partial charge in [-0.3, -0.25) is 15.5 Å². The maximum atomic E-state index is 10.8. The molecule has 8 nitrogen and oxygen atoms in total. The fraction of sp³-hybridized carbons (Fsp3) is 0.0769. The van der Waals surface area contributed by atoms with Crippen molar-refractivity contribution >= 4 is 40.3 Å². The Balaban J connectivity index is 2.20. The van der Waals surface area contributed by atoms with Crippen LogP contribution in [0.2, 0.25) is 0 Å². The lowest BCUT2D eigenvalue weighted by Gasteiger charge is -2.06. The summed E-state index contributed by atoms with van der Waals surface area (Å²) in [6.45, 7) is 0. The summed E-state index contributed by atoms with van der Waals surface area (Å²) in [6.07, 6.45) is 2.87. The summed E-state index contributed by atoms with van der Waals surface area (Å²) in [5, 5.41) is 24.5. The molecule has 0 bridgehead atoms.